The lowest BCUT2D eigenvalue weighted by atomic mass is 10.1. The molecule has 1 saturated heterocycles. The Labute approximate surface area is 122 Å². The molecule has 6 heteroatoms. The number of hydrogen-bond donors (Lipinski definition) is 2. The first-order chi connectivity index (χ1) is 9.13. The van der Waals surface area contributed by atoms with Crippen LogP contribution in [0.1, 0.15) is 12.8 Å². The lowest BCUT2D eigenvalue weighted by Gasteiger charge is -2.23. The average Bonchev–Trinajstić information content (AvgIpc) is 2.36. The summed E-state index contributed by atoms with van der Waals surface area (Å²) in [6, 6.07) is 5.06. The topological polar surface area (TPSA) is 50.4 Å². The minimum atomic E-state index is -0.134. The Bertz CT molecular complexity index is 428. The van der Waals surface area contributed by atoms with E-state index in [4.69, 9.17) is 27.9 Å². The number of hydrogen-bond acceptors (Lipinski definition) is 3. The van der Waals surface area contributed by atoms with Crippen LogP contribution in [0.5, 0.6) is 5.75 Å². The smallest absolute Gasteiger partial charge is 0.258 e. The summed E-state index contributed by atoms with van der Waals surface area (Å²) < 4.78 is 5.37. The van der Waals surface area contributed by atoms with Gasteiger partial charge in [0.2, 0.25) is 0 Å². The molecule has 19 heavy (non-hydrogen) atoms. The zero-order chi connectivity index (χ0) is 13.7. The fraction of sp³-hybridized carbons (Fsp3) is 0.462. The Morgan fingerprint density at radius 3 is 2.74 bits per heavy atom. The number of amides is 1. The molecule has 1 heterocycles. The molecule has 0 aliphatic carbocycles. The van der Waals surface area contributed by atoms with E-state index >= 15 is 0 Å². The lowest BCUT2D eigenvalue weighted by Crippen LogP contribution is -2.46. The highest BCUT2D eigenvalue weighted by molar-refractivity contribution is 6.34. The van der Waals surface area contributed by atoms with Crippen molar-refractivity contribution < 1.29 is 9.53 Å². The number of ether oxygens (including phenoxy) is 1. The molecule has 0 aromatic heterocycles. The van der Waals surface area contributed by atoms with Crippen LogP contribution < -0.4 is 15.4 Å². The van der Waals surface area contributed by atoms with Crippen LogP contribution in [0.3, 0.4) is 0 Å². The van der Waals surface area contributed by atoms with Crippen LogP contribution >= 0.6 is 23.2 Å². The van der Waals surface area contributed by atoms with Crippen molar-refractivity contribution in [3.8, 4) is 5.75 Å². The molecule has 1 aromatic carbocycles. The molecular weight excluding hydrogens is 287 g/mol. The highest BCUT2D eigenvalue weighted by Crippen LogP contribution is 2.23. The van der Waals surface area contributed by atoms with Crippen molar-refractivity contribution in [2.75, 3.05) is 19.7 Å². The van der Waals surface area contributed by atoms with E-state index in [1.54, 1.807) is 18.2 Å². The van der Waals surface area contributed by atoms with Gasteiger partial charge in [-0.1, -0.05) is 23.2 Å². The number of nitrogens with one attached hydrogen (secondary N) is 2. The van der Waals surface area contributed by atoms with Gasteiger partial charge >= 0.3 is 0 Å². The lowest BCUT2D eigenvalue weighted by molar-refractivity contribution is -0.123. The van der Waals surface area contributed by atoms with Crippen molar-refractivity contribution in [2.45, 2.75) is 18.9 Å². The third kappa shape index (κ3) is 4.90. The van der Waals surface area contributed by atoms with Crippen molar-refractivity contribution >= 4 is 29.1 Å². The molecule has 1 amide bonds. The van der Waals surface area contributed by atoms with Crippen molar-refractivity contribution in [3.63, 3.8) is 0 Å². The normalized spacial score (nSPS) is 18.9. The van der Waals surface area contributed by atoms with Gasteiger partial charge in [0.25, 0.3) is 5.91 Å². The highest BCUT2D eigenvalue weighted by atomic mass is 35.5. The third-order valence-electron chi connectivity index (χ3n) is 2.87. The van der Waals surface area contributed by atoms with Crippen LogP contribution in [-0.4, -0.2) is 31.6 Å². The molecule has 1 aromatic rings. The second kappa shape index (κ2) is 6.98. The van der Waals surface area contributed by atoms with Gasteiger partial charge in [-0.15, -0.1) is 0 Å². The third-order valence-corrected chi connectivity index (χ3v) is 3.30. The molecule has 1 aliphatic heterocycles. The zero-order valence-corrected chi connectivity index (χ0v) is 11.9. The second-order valence-corrected chi connectivity index (χ2v) is 5.38. The Morgan fingerprint density at radius 1 is 1.37 bits per heavy atom. The predicted molar refractivity (Wildman–Crippen MR) is 76.0 cm³/mol. The van der Waals surface area contributed by atoms with Crippen LogP contribution in [0.15, 0.2) is 18.2 Å². The first-order valence-electron chi connectivity index (χ1n) is 6.22. The SMILES string of the molecule is O=C(COc1cc(Cl)cc(Cl)c1)NC1CCCNC1. The maximum Gasteiger partial charge on any atom is 0.258 e. The number of benzene rings is 1. The van der Waals surface area contributed by atoms with Crippen molar-refractivity contribution in [1.82, 2.24) is 10.6 Å². The number of halogens is 2. The van der Waals surface area contributed by atoms with Gasteiger partial charge in [0.1, 0.15) is 5.75 Å². The van der Waals surface area contributed by atoms with E-state index in [-0.39, 0.29) is 18.6 Å². The predicted octanol–water partition coefficient (Wildman–Crippen LogP) is 2.24. The Balaban J connectivity index is 1.79. The maximum atomic E-state index is 11.7. The molecule has 0 radical (unpaired) electrons. The van der Waals surface area contributed by atoms with Gasteiger partial charge in [-0.05, 0) is 37.6 Å². The summed E-state index contributed by atoms with van der Waals surface area (Å²) in [6.07, 6.45) is 2.08. The quantitative estimate of drug-likeness (QED) is 0.897. The van der Waals surface area contributed by atoms with Gasteiger partial charge in [0.05, 0.1) is 0 Å². The fourth-order valence-electron chi connectivity index (χ4n) is 2.01. The molecule has 4 nitrogen and oxygen atoms in total. The maximum absolute atomic E-state index is 11.7. The minimum absolute atomic E-state index is 0.0346. The number of carbonyl (C=O) groups is 1. The van der Waals surface area contributed by atoms with Gasteiger partial charge in [-0.25, -0.2) is 0 Å². The molecule has 1 unspecified atom stereocenters. The Hall–Kier alpha value is -0.970. The summed E-state index contributed by atoms with van der Waals surface area (Å²) in [5.41, 5.74) is 0. The average molecular weight is 303 g/mol. The molecule has 0 spiro atoms. The Morgan fingerprint density at radius 2 is 2.11 bits per heavy atom. The number of piperidine rings is 1. The summed E-state index contributed by atoms with van der Waals surface area (Å²) in [5, 5.41) is 7.14. The monoisotopic (exact) mass is 302 g/mol. The first kappa shape index (κ1) is 14.4. The van der Waals surface area contributed by atoms with Crippen LogP contribution in [-0.2, 0) is 4.79 Å². The van der Waals surface area contributed by atoms with E-state index in [2.05, 4.69) is 10.6 Å². The largest absolute Gasteiger partial charge is 0.484 e. The molecule has 1 fully saturated rings. The van der Waals surface area contributed by atoms with E-state index in [1.165, 1.54) is 0 Å². The molecule has 2 N–H and O–H groups in total. The summed E-state index contributed by atoms with van der Waals surface area (Å²) in [7, 11) is 0. The van der Waals surface area contributed by atoms with Crippen LogP contribution in [0, 0.1) is 0 Å². The second-order valence-electron chi connectivity index (χ2n) is 4.50. The van der Waals surface area contributed by atoms with Crippen LogP contribution in [0.25, 0.3) is 0 Å². The molecule has 0 saturated carbocycles. The van der Waals surface area contributed by atoms with E-state index in [1.807, 2.05) is 0 Å². The van der Waals surface area contributed by atoms with E-state index in [0.29, 0.717) is 15.8 Å². The summed E-state index contributed by atoms with van der Waals surface area (Å²) >= 11 is 11.7. The van der Waals surface area contributed by atoms with Gasteiger partial charge in [0, 0.05) is 22.6 Å². The molecule has 1 atom stereocenters. The van der Waals surface area contributed by atoms with Gasteiger partial charge in [0.15, 0.2) is 6.61 Å². The summed E-state index contributed by atoms with van der Waals surface area (Å²) in [5.74, 6) is 0.360. The number of carbonyl (C=O) groups excluding carboxylic acids is 1. The van der Waals surface area contributed by atoms with Crippen LogP contribution in [0.2, 0.25) is 10.0 Å². The van der Waals surface area contributed by atoms with Crippen LogP contribution in [0.4, 0.5) is 0 Å². The van der Waals surface area contributed by atoms with Crippen molar-refractivity contribution in [1.29, 1.82) is 0 Å². The molecule has 0 bridgehead atoms. The molecule has 104 valence electrons. The van der Waals surface area contributed by atoms with Crippen molar-refractivity contribution in [2.24, 2.45) is 0 Å². The molecule has 2 rings (SSSR count). The van der Waals surface area contributed by atoms with Gasteiger partial charge < -0.3 is 15.4 Å². The fourth-order valence-corrected chi connectivity index (χ4v) is 2.51. The van der Waals surface area contributed by atoms with E-state index < -0.39 is 0 Å². The van der Waals surface area contributed by atoms with E-state index in [0.717, 1.165) is 25.9 Å². The molecule has 1 aliphatic rings. The zero-order valence-electron chi connectivity index (χ0n) is 10.4. The summed E-state index contributed by atoms with van der Waals surface area (Å²) in [4.78, 5) is 11.7. The van der Waals surface area contributed by atoms with E-state index in [9.17, 15) is 4.79 Å². The van der Waals surface area contributed by atoms with Crippen molar-refractivity contribution in [3.05, 3.63) is 28.2 Å². The van der Waals surface area contributed by atoms with Gasteiger partial charge in [-0.2, -0.15) is 0 Å². The molecular formula is C13H16Cl2N2O2. The standard InChI is InChI=1S/C13H16Cl2N2O2/c14-9-4-10(15)6-12(5-9)19-8-13(18)17-11-2-1-3-16-7-11/h4-6,11,16H,1-3,7-8H2,(H,17,18). The van der Waals surface area contributed by atoms with Gasteiger partial charge in [-0.3, -0.25) is 4.79 Å². The highest BCUT2D eigenvalue weighted by Gasteiger charge is 2.15. The number of rotatable bonds is 4. The minimum Gasteiger partial charge on any atom is -0.484 e. The Kier molecular flexibility index (Phi) is 5.31. The summed E-state index contributed by atoms with van der Waals surface area (Å²) in [6.45, 7) is 1.80. The first-order valence-corrected chi connectivity index (χ1v) is 6.98.